The molecule has 1 amide bonds. The summed E-state index contributed by atoms with van der Waals surface area (Å²) in [6.45, 7) is 0. The molecule has 2 aromatic heterocycles. The van der Waals surface area contributed by atoms with Crippen molar-refractivity contribution in [3.63, 3.8) is 0 Å². The molecule has 2 aromatic carbocycles. The molecule has 1 fully saturated rings. The van der Waals surface area contributed by atoms with Crippen LogP contribution in [0.3, 0.4) is 0 Å². The molecular formula is C26H23F2N5O2. The van der Waals surface area contributed by atoms with Crippen LogP contribution in [-0.2, 0) is 4.79 Å². The number of rotatable bonds is 6. The van der Waals surface area contributed by atoms with Gasteiger partial charge in [-0.15, -0.1) is 0 Å². The fourth-order valence-electron chi connectivity index (χ4n) is 4.62. The maximum absolute atomic E-state index is 14.7. The fraction of sp³-hybridized carbons (Fsp3) is 0.231. The minimum Gasteiger partial charge on any atom is -0.494 e. The van der Waals surface area contributed by atoms with Gasteiger partial charge in [0.05, 0.1) is 13.0 Å². The topological polar surface area (TPSA) is 103 Å². The van der Waals surface area contributed by atoms with Crippen molar-refractivity contribution in [2.45, 2.75) is 25.3 Å². The monoisotopic (exact) mass is 475 g/mol. The van der Waals surface area contributed by atoms with Crippen molar-refractivity contribution in [3.8, 4) is 28.3 Å². The Labute approximate surface area is 200 Å². The van der Waals surface area contributed by atoms with Gasteiger partial charge in [-0.3, -0.25) is 9.78 Å². The molecule has 2 heterocycles. The third-order valence-electron chi connectivity index (χ3n) is 6.37. The average Bonchev–Trinajstić information content (AvgIpc) is 3.34. The summed E-state index contributed by atoms with van der Waals surface area (Å²) in [4.78, 5) is 25.6. The highest BCUT2D eigenvalue weighted by Gasteiger charge is 2.32. The number of ether oxygens (including phenoxy) is 1. The molecule has 9 heteroatoms. The van der Waals surface area contributed by atoms with E-state index in [0.717, 1.165) is 18.9 Å². The third kappa shape index (κ3) is 4.25. The van der Waals surface area contributed by atoms with E-state index in [0.29, 0.717) is 45.8 Å². The number of pyridine rings is 1. The number of fused-ring (bicyclic) bond motifs is 1. The molecule has 178 valence electrons. The van der Waals surface area contributed by atoms with Gasteiger partial charge in [0.15, 0.2) is 17.5 Å². The summed E-state index contributed by atoms with van der Waals surface area (Å²) >= 11 is 0. The number of methoxy groups -OCH3 is 1. The molecule has 0 aliphatic heterocycles. The Hall–Kier alpha value is -4.14. The first-order chi connectivity index (χ1) is 17.0. The van der Waals surface area contributed by atoms with Crippen LogP contribution in [0.5, 0.6) is 5.75 Å². The number of hydrogen-bond donors (Lipinski definition) is 2. The van der Waals surface area contributed by atoms with Gasteiger partial charge in [0.25, 0.3) is 0 Å². The van der Waals surface area contributed by atoms with Gasteiger partial charge in [-0.1, -0.05) is 18.6 Å². The standard InChI is InChI=1S/C26H23F2N5O2/c1-35-21-12-15(16-6-2-8-19(27)22(16)28)11-18-23(21)32-25(14-5-4-10-30-13-14)33-26(18)31-20-9-3-7-17(20)24(29)34/h2,4-6,8,10-13,17,20H,3,7,9H2,1H3,(H2,29,34)(H,31,32,33). The maximum Gasteiger partial charge on any atom is 0.222 e. The number of carbonyl (C=O) groups is 1. The molecule has 5 rings (SSSR count). The Balaban J connectivity index is 1.73. The molecule has 0 saturated heterocycles. The fourth-order valence-corrected chi connectivity index (χ4v) is 4.62. The van der Waals surface area contributed by atoms with Crippen LogP contribution >= 0.6 is 0 Å². The zero-order valence-electron chi connectivity index (χ0n) is 19.0. The minimum absolute atomic E-state index is 0.0864. The Bertz CT molecular complexity index is 1410. The predicted octanol–water partition coefficient (Wildman–Crippen LogP) is 4.71. The van der Waals surface area contributed by atoms with Crippen molar-refractivity contribution >= 4 is 22.6 Å². The van der Waals surface area contributed by atoms with Gasteiger partial charge in [-0.05, 0) is 48.7 Å². The lowest BCUT2D eigenvalue weighted by atomic mass is 10.0. The van der Waals surface area contributed by atoms with E-state index in [-0.39, 0.29) is 23.4 Å². The molecule has 4 aromatic rings. The van der Waals surface area contributed by atoms with Gasteiger partial charge in [0.2, 0.25) is 5.91 Å². The smallest absolute Gasteiger partial charge is 0.222 e. The number of nitrogens with one attached hydrogen (secondary N) is 1. The predicted molar refractivity (Wildman–Crippen MR) is 129 cm³/mol. The van der Waals surface area contributed by atoms with Gasteiger partial charge in [-0.25, -0.2) is 18.7 Å². The van der Waals surface area contributed by atoms with Crippen LogP contribution in [-0.4, -0.2) is 34.0 Å². The van der Waals surface area contributed by atoms with Crippen LogP contribution in [0.15, 0.2) is 54.9 Å². The number of amides is 1. The zero-order valence-corrected chi connectivity index (χ0v) is 19.0. The number of primary amides is 1. The Morgan fingerprint density at radius 2 is 1.97 bits per heavy atom. The average molecular weight is 475 g/mol. The number of halogens is 2. The lowest BCUT2D eigenvalue weighted by molar-refractivity contribution is -0.121. The van der Waals surface area contributed by atoms with E-state index < -0.39 is 11.6 Å². The highest BCUT2D eigenvalue weighted by atomic mass is 19.2. The summed E-state index contributed by atoms with van der Waals surface area (Å²) in [6.07, 6.45) is 5.59. The first kappa shape index (κ1) is 22.6. The molecular weight excluding hydrogens is 452 g/mol. The van der Waals surface area contributed by atoms with Crippen LogP contribution in [0, 0.1) is 17.6 Å². The number of anilines is 1. The summed E-state index contributed by atoms with van der Waals surface area (Å²) in [5.41, 5.74) is 7.31. The summed E-state index contributed by atoms with van der Waals surface area (Å²) < 4.78 is 34.2. The van der Waals surface area contributed by atoms with Crippen molar-refractivity contribution in [1.82, 2.24) is 15.0 Å². The van der Waals surface area contributed by atoms with E-state index in [1.807, 2.05) is 6.07 Å². The summed E-state index contributed by atoms with van der Waals surface area (Å²) in [6, 6.07) is 10.7. The normalized spacial score (nSPS) is 17.5. The number of aromatic nitrogens is 3. The van der Waals surface area contributed by atoms with E-state index in [1.54, 1.807) is 30.6 Å². The summed E-state index contributed by atoms with van der Waals surface area (Å²) in [7, 11) is 1.49. The lowest BCUT2D eigenvalue weighted by Gasteiger charge is -2.21. The molecule has 1 aliphatic carbocycles. The largest absolute Gasteiger partial charge is 0.494 e. The number of carbonyl (C=O) groups excluding carboxylic acids is 1. The number of nitrogens with two attached hydrogens (primary N) is 1. The maximum atomic E-state index is 14.7. The molecule has 0 spiro atoms. The molecule has 3 N–H and O–H groups in total. The molecule has 2 atom stereocenters. The second-order valence-corrected chi connectivity index (χ2v) is 8.50. The SMILES string of the molecule is COc1cc(-c2cccc(F)c2F)cc2c(NC3CCCC3C(N)=O)nc(-c3cccnc3)nc12. The summed E-state index contributed by atoms with van der Waals surface area (Å²) in [5, 5.41) is 3.93. The van der Waals surface area contributed by atoms with Crippen LogP contribution in [0.25, 0.3) is 33.4 Å². The van der Waals surface area contributed by atoms with Crippen molar-refractivity contribution in [3.05, 3.63) is 66.5 Å². The lowest BCUT2D eigenvalue weighted by Crippen LogP contribution is -2.34. The number of hydrogen-bond acceptors (Lipinski definition) is 6. The van der Waals surface area contributed by atoms with Gasteiger partial charge >= 0.3 is 0 Å². The highest BCUT2D eigenvalue weighted by Crippen LogP contribution is 2.38. The molecule has 35 heavy (non-hydrogen) atoms. The third-order valence-corrected chi connectivity index (χ3v) is 6.37. The van der Waals surface area contributed by atoms with Crippen molar-refractivity contribution in [2.24, 2.45) is 11.7 Å². The van der Waals surface area contributed by atoms with Crippen molar-refractivity contribution in [2.75, 3.05) is 12.4 Å². The van der Waals surface area contributed by atoms with E-state index in [4.69, 9.17) is 20.4 Å². The van der Waals surface area contributed by atoms with Gasteiger partial charge in [0.1, 0.15) is 17.1 Å². The number of nitrogens with zero attached hydrogens (tertiary/aromatic N) is 3. The number of benzene rings is 2. The van der Waals surface area contributed by atoms with Crippen LogP contribution in [0.1, 0.15) is 19.3 Å². The second-order valence-electron chi connectivity index (χ2n) is 8.50. The first-order valence-electron chi connectivity index (χ1n) is 11.3. The Kier molecular flexibility index (Phi) is 5.98. The van der Waals surface area contributed by atoms with E-state index >= 15 is 0 Å². The molecule has 1 aliphatic rings. The van der Waals surface area contributed by atoms with Crippen LogP contribution < -0.4 is 15.8 Å². The minimum atomic E-state index is -0.958. The molecule has 0 bridgehead atoms. The van der Waals surface area contributed by atoms with E-state index in [2.05, 4.69) is 10.3 Å². The highest BCUT2D eigenvalue weighted by molar-refractivity contribution is 5.98. The first-order valence-corrected chi connectivity index (χ1v) is 11.3. The van der Waals surface area contributed by atoms with Gasteiger partial charge in [-0.2, -0.15) is 0 Å². The quantitative estimate of drug-likeness (QED) is 0.419. The molecule has 0 radical (unpaired) electrons. The van der Waals surface area contributed by atoms with Crippen LogP contribution in [0.2, 0.25) is 0 Å². The second kappa shape index (κ2) is 9.25. The molecule has 2 unspecified atom stereocenters. The zero-order chi connectivity index (χ0) is 24.5. The van der Waals surface area contributed by atoms with Gasteiger partial charge in [0, 0.05) is 34.9 Å². The molecule has 7 nitrogen and oxygen atoms in total. The Morgan fingerprint density at radius 1 is 1.11 bits per heavy atom. The van der Waals surface area contributed by atoms with E-state index in [1.165, 1.54) is 19.2 Å². The van der Waals surface area contributed by atoms with Crippen molar-refractivity contribution < 1.29 is 18.3 Å². The van der Waals surface area contributed by atoms with Crippen molar-refractivity contribution in [1.29, 1.82) is 0 Å². The molecule has 1 saturated carbocycles. The summed E-state index contributed by atoms with van der Waals surface area (Å²) in [5.74, 6) is -1.39. The van der Waals surface area contributed by atoms with Crippen LogP contribution in [0.4, 0.5) is 14.6 Å². The van der Waals surface area contributed by atoms with Gasteiger partial charge < -0.3 is 15.8 Å². The van der Waals surface area contributed by atoms with E-state index in [9.17, 15) is 13.6 Å². The Morgan fingerprint density at radius 3 is 2.71 bits per heavy atom.